The lowest BCUT2D eigenvalue weighted by molar-refractivity contribution is 0.706. The van der Waals surface area contributed by atoms with Crippen LogP contribution in [0.3, 0.4) is 0 Å². The van der Waals surface area contributed by atoms with E-state index < -0.39 is 0 Å². The van der Waals surface area contributed by atoms with E-state index in [2.05, 4.69) is 39.6 Å². The molecule has 0 radical (unpaired) electrons. The van der Waals surface area contributed by atoms with Crippen LogP contribution in [0.4, 0.5) is 0 Å². The van der Waals surface area contributed by atoms with Crippen molar-refractivity contribution < 1.29 is 0 Å². The minimum atomic E-state index is 0.619. The maximum atomic E-state index is 4.23. The van der Waals surface area contributed by atoms with Gasteiger partial charge in [0.15, 0.2) is 0 Å². The lowest BCUT2D eigenvalue weighted by atomic mass is 10.2. The molecule has 1 heterocycles. The van der Waals surface area contributed by atoms with Crippen molar-refractivity contribution in [3.63, 3.8) is 0 Å². The highest BCUT2D eigenvalue weighted by atomic mass is 15.0. The monoisotopic (exact) mass is 201 g/mol. The predicted molar refractivity (Wildman–Crippen MR) is 63.6 cm³/mol. The molecule has 78 valence electrons. The molecule has 0 fully saturated rings. The van der Waals surface area contributed by atoms with E-state index in [0.717, 1.165) is 25.2 Å². The van der Waals surface area contributed by atoms with Crippen LogP contribution >= 0.6 is 0 Å². The van der Waals surface area contributed by atoms with Gasteiger partial charge >= 0.3 is 0 Å². The Morgan fingerprint density at radius 2 is 2.07 bits per heavy atom. The summed E-state index contributed by atoms with van der Waals surface area (Å²) in [5.41, 5.74) is 2.43. The average molecular weight is 201 g/mol. The number of benzene rings is 1. The molecule has 1 aliphatic rings. The van der Waals surface area contributed by atoms with Crippen molar-refractivity contribution in [3.05, 3.63) is 35.9 Å². The summed E-state index contributed by atoms with van der Waals surface area (Å²) in [5.74, 6) is 0. The SMILES string of the molecule is C1=NCN=C1CCNCc1ccccc1. The molecule has 3 heteroatoms. The van der Waals surface area contributed by atoms with E-state index in [-0.39, 0.29) is 0 Å². The van der Waals surface area contributed by atoms with Gasteiger partial charge in [-0.1, -0.05) is 30.3 Å². The molecule has 0 saturated heterocycles. The zero-order chi connectivity index (χ0) is 10.3. The highest BCUT2D eigenvalue weighted by molar-refractivity contribution is 6.31. The fourth-order valence-electron chi connectivity index (χ4n) is 1.51. The maximum absolute atomic E-state index is 4.23. The van der Waals surface area contributed by atoms with E-state index in [4.69, 9.17) is 0 Å². The molecule has 3 nitrogen and oxygen atoms in total. The minimum absolute atomic E-state index is 0.619. The molecule has 1 aromatic rings. The van der Waals surface area contributed by atoms with Crippen molar-refractivity contribution in [1.82, 2.24) is 5.32 Å². The smallest absolute Gasteiger partial charge is 0.129 e. The van der Waals surface area contributed by atoms with E-state index in [9.17, 15) is 0 Å². The molecule has 0 saturated carbocycles. The largest absolute Gasteiger partial charge is 0.312 e. The van der Waals surface area contributed by atoms with Gasteiger partial charge in [0, 0.05) is 25.7 Å². The molecule has 1 N–H and O–H groups in total. The molecule has 0 aromatic heterocycles. The Hall–Kier alpha value is -1.48. The summed E-state index contributed by atoms with van der Waals surface area (Å²) in [4.78, 5) is 8.28. The predicted octanol–water partition coefficient (Wildman–Crippen LogP) is 1.65. The Morgan fingerprint density at radius 1 is 1.20 bits per heavy atom. The average Bonchev–Trinajstić information content (AvgIpc) is 2.79. The van der Waals surface area contributed by atoms with Crippen LogP contribution in [-0.2, 0) is 6.54 Å². The molecule has 0 bridgehead atoms. The fourth-order valence-corrected chi connectivity index (χ4v) is 1.51. The Bertz CT molecular complexity index is 354. The first-order chi connectivity index (χ1) is 7.45. The van der Waals surface area contributed by atoms with Crippen LogP contribution in [0, 0.1) is 0 Å². The molecule has 0 amide bonds. The second kappa shape index (κ2) is 5.41. The normalized spacial score (nSPS) is 14.3. The number of hydrogen-bond acceptors (Lipinski definition) is 3. The highest BCUT2D eigenvalue weighted by Gasteiger charge is 1.99. The number of nitrogens with one attached hydrogen (secondary N) is 1. The Kier molecular flexibility index (Phi) is 3.63. The fraction of sp³-hybridized carbons (Fsp3) is 0.333. The number of hydrogen-bond donors (Lipinski definition) is 1. The second-order valence-electron chi connectivity index (χ2n) is 3.51. The summed E-state index contributed by atoms with van der Waals surface area (Å²) in [6.45, 7) is 2.50. The van der Waals surface area contributed by atoms with E-state index in [1.807, 2.05) is 12.3 Å². The first-order valence-electron chi connectivity index (χ1n) is 5.23. The molecule has 0 spiro atoms. The van der Waals surface area contributed by atoms with Gasteiger partial charge in [-0.25, -0.2) is 0 Å². The van der Waals surface area contributed by atoms with Crippen LogP contribution in [0.1, 0.15) is 12.0 Å². The van der Waals surface area contributed by atoms with E-state index in [1.165, 1.54) is 5.56 Å². The Labute approximate surface area is 90.0 Å². The van der Waals surface area contributed by atoms with Gasteiger partial charge in [0.05, 0.1) is 5.71 Å². The summed E-state index contributed by atoms with van der Waals surface area (Å²) in [5, 5.41) is 3.39. The number of nitrogens with zero attached hydrogens (tertiary/aromatic N) is 2. The standard InChI is InChI=1S/C12H15N3/c1-2-4-11(5-3-1)8-13-7-6-12-9-14-10-15-12/h1-5,9,13H,6-8,10H2. The van der Waals surface area contributed by atoms with E-state index in [0.29, 0.717) is 6.67 Å². The lowest BCUT2D eigenvalue weighted by Gasteiger charge is -2.03. The number of rotatable bonds is 5. The first-order valence-corrected chi connectivity index (χ1v) is 5.23. The third kappa shape index (κ3) is 3.29. The zero-order valence-corrected chi connectivity index (χ0v) is 8.69. The first kappa shape index (κ1) is 10.1. The molecule has 1 aliphatic heterocycles. The highest BCUT2D eigenvalue weighted by Crippen LogP contribution is 1.97. The maximum Gasteiger partial charge on any atom is 0.129 e. The summed E-state index contributed by atoms with van der Waals surface area (Å²) < 4.78 is 0. The van der Waals surface area contributed by atoms with Crippen LogP contribution in [0.15, 0.2) is 40.3 Å². The van der Waals surface area contributed by atoms with E-state index >= 15 is 0 Å². The van der Waals surface area contributed by atoms with Crippen molar-refractivity contribution >= 4 is 11.9 Å². The summed E-state index contributed by atoms with van der Waals surface area (Å²) >= 11 is 0. The third-order valence-corrected chi connectivity index (χ3v) is 2.33. The Morgan fingerprint density at radius 3 is 2.80 bits per heavy atom. The Balaban J connectivity index is 1.65. The molecule has 0 aliphatic carbocycles. The summed E-state index contributed by atoms with van der Waals surface area (Å²) in [7, 11) is 0. The van der Waals surface area contributed by atoms with Crippen molar-refractivity contribution in [1.29, 1.82) is 0 Å². The second-order valence-corrected chi connectivity index (χ2v) is 3.51. The van der Waals surface area contributed by atoms with Gasteiger partial charge in [-0.15, -0.1) is 0 Å². The van der Waals surface area contributed by atoms with Crippen molar-refractivity contribution in [2.24, 2.45) is 9.98 Å². The molecule has 15 heavy (non-hydrogen) atoms. The zero-order valence-electron chi connectivity index (χ0n) is 8.69. The molecular formula is C12H15N3. The summed E-state index contributed by atoms with van der Waals surface area (Å²) in [6, 6.07) is 10.4. The minimum Gasteiger partial charge on any atom is -0.312 e. The molecule has 2 rings (SSSR count). The van der Waals surface area contributed by atoms with Crippen LogP contribution in [-0.4, -0.2) is 25.1 Å². The van der Waals surface area contributed by atoms with Gasteiger partial charge in [0.1, 0.15) is 6.67 Å². The lowest BCUT2D eigenvalue weighted by Crippen LogP contribution is -2.17. The molecular weight excluding hydrogens is 186 g/mol. The van der Waals surface area contributed by atoms with Gasteiger partial charge in [0.2, 0.25) is 0 Å². The summed E-state index contributed by atoms with van der Waals surface area (Å²) in [6.07, 6.45) is 2.83. The molecule has 0 unspecified atom stereocenters. The van der Waals surface area contributed by atoms with Gasteiger partial charge < -0.3 is 5.32 Å². The third-order valence-electron chi connectivity index (χ3n) is 2.33. The van der Waals surface area contributed by atoms with Gasteiger partial charge in [-0.3, -0.25) is 9.98 Å². The van der Waals surface area contributed by atoms with Crippen molar-refractivity contribution in [2.75, 3.05) is 13.2 Å². The van der Waals surface area contributed by atoms with Crippen LogP contribution < -0.4 is 5.32 Å². The van der Waals surface area contributed by atoms with Crippen molar-refractivity contribution in [2.45, 2.75) is 13.0 Å². The van der Waals surface area contributed by atoms with Gasteiger partial charge in [-0.05, 0) is 5.56 Å². The quantitative estimate of drug-likeness (QED) is 0.722. The van der Waals surface area contributed by atoms with Crippen molar-refractivity contribution in [3.8, 4) is 0 Å². The van der Waals surface area contributed by atoms with Crippen LogP contribution in [0.2, 0.25) is 0 Å². The van der Waals surface area contributed by atoms with Gasteiger partial charge in [0.25, 0.3) is 0 Å². The van der Waals surface area contributed by atoms with E-state index in [1.54, 1.807) is 0 Å². The molecule has 0 atom stereocenters. The van der Waals surface area contributed by atoms with Crippen LogP contribution in [0.25, 0.3) is 0 Å². The number of aliphatic imine (C=N–C) groups is 2. The van der Waals surface area contributed by atoms with Gasteiger partial charge in [-0.2, -0.15) is 0 Å². The topological polar surface area (TPSA) is 36.8 Å². The van der Waals surface area contributed by atoms with Crippen LogP contribution in [0.5, 0.6) is 0 Å². The molecule has 1 aromatic carbocycles.